The highest BCUT2D eigenvalue weighted by Crippen LogP contribution is 2.22. The van der Waals surface area contributed by atoms with Crippen molar-refractivity contribution in [2.45, 2.75) is 24.3 Å². The lowest BCUT2D eigenvalue weighted by atomic mass is 10.3. The van der Waals surface area contributed by atoms with Crippen LogP contribution in [0.1, 0.15) is 12.8 Å². The van der Waals surface area contributed by atoms with Gasteiger partial charge in [-0.1, -0.05) is 29.0 Å². The molecule has 0 aliphatic carbocycles. The number of hydrogen-bond donors (Lipinski definition) is 0. The van der Waals surface area contributed by atoms with Crippen molar-refractivity contribution < 1.29 is 18.7 Å². The van der Waals surface area contributed by atoms with E-state index >= 15 is 0 Å². The lowest BCUT2D eigenvalue weighted by Gasteiger charge is -2.04. The van der Waals surface area contributed by atoms with Crippen molar-refractivity contribution in [3.8, 4) is 0 Å². The van der Waals surface area contributed by atoms with Gasteiger partial charge in [0.25, 0.3) is 0 Å². The Morgan fingerprint density at radius 3 is 2.72 bits per heavy atom. The van der Waals surface area contributed by atoms with Crippen LogP contribution in [0.25, 0.3) is 10.2 Å². The molecule has 0 aliphatic rings. The van der Waals surface area contributed by atoms with Crippen molar-refractivity contribution in [1.82, 2.24) is 4.57 Å². The van der Waals surface area contributed by atoms with Gasteiger partial charge in [-0.15, -0.1) is 11.8 Å². The van der Waals surface area contributed by atoms with Gasteiger partial charge in [0.05, 0.1) is 17.3 Å². The van der Waals surface area contributed by atoms with Crippen molar-refractivity contribution in [3.05, 3.63) is 58.1 Å². The maximum absolute atomic E-state index is 14.3. The van der Waals surface area contributed by atoms with Crippen LogP contribution in [0.5, 0.6) is 0 Å². The summed E-state index contributed by atoms with van der Waals surface area (Å²) in [5.41, 5.74) is 0.243. The maximum atomic E-state index is 14.3. The van der Waals surface area contributed by atoms with E-state index in [-0.39, 0.29) is 29.2 Å². The fourth-order valence-electron chi connectivity index (χ4n) is 2.62. The molecule has 0 unspecified atom stereocenters. The summed E-state index contributed by atoms with van der Waals surface area (Å²) in [6, 6.07) is 12.1. The molecule has 0 radical (unpaired) electrons. The number of aromatic nitrogens is 1. The number of carbonyl (C=O) groups is 2. The molecule has 152 valence electrons. The minimum atomic E-state index is -0.541. The Bertz CT molecular complexity index is 1090. The Morgan fingerprint density at radius 2 is 2.00 bits per heavy atom. The number of esters is 1. The fourth-order valence-corrected chi connectivity index (χ4v) is 4.66. The van der Waals surface area contributed by atoms with Gasteiger partial charge in [0.1, 0.15) is 12.4 Å². The van der Waals surface area contributed by atoms with Crippen molar-refractivity contribution in [3.63, 3.8) is 0 Å². The van der Waals surface area contributed by atoms with Crippen LogP contribution in [-0.4, -0.2) is 29.3 Å². The minimum absolute atomic E-state index is 0.212. The van der Waals surface area contributed by atoms with Crippen molar-refractivity contribution in [2.75, 3.05) is 12.9 Å². The third kappa shape index (κ3) is 5.68. The predicted molar refractivity (Wildman–Crippen MR) is 114 cm³/mol. The summed E-state index contributed by atoms with van der Waals surface area (Å²) in [4.78, 5) is 29.6. The normalized spacial score (nSPS) is 11.8. The van der Waals surface area contributed by atoms with Crippen molar-refractivity contribution >= 4 is 56.8 Å². The number of fused-ring (bicyclic) bond motifs is 1. The third-order valence-corrected chi connectivity index (χ3v) is 6.40. The molecule has 0 fully saturated rings. The molecular weight excluding hydrogens is 435 g/mol. The van der Waals surface area contributed by atoms with Crippen LogP contribution in [0.3, 0.4) is 0 Å². The topological polar surface area (TPSA) is 60.7 Å². The Balaban J connectivity index is 1.72. The zero-order chi connectivity index (χ0) is 20.8. The zero-order valence-electron chi connectivity index (χ0n) is 15.6. The molecule has 1 aromatic heterocycles. The number of rotatable bonds is 7. The number of para-hydroxylation sites is 1. The maximum Gasteiger partial charge on any atom is 0.325 e. The van der Waals surface area contributed by atoms with E-state index in [1.165, 1.54) is 29.1 Å². The second-order valence-electron chi connectivity index (χ2n) is 6.04. The van der Waals surface area contributed by atoms with Crippen molar-refractivity contribution in [2.24, 2.45) is 4.99 Å². The van der Waals surface area contributed by atoms with E-state index < -0.39 is 11.8 Å². The number of thiazole rings is 1. The van der Waals surface area contributed by atoms with Crippen LogP contribution >= 0.6 is 34.7 Å². The van der Waals surface area contributed by atoms with Gasteiger partial charge in [-0.05, 0) is 48.6 Å². The van der Waals surface area contributed by atoms with E-state index in [4.69, 9.17) is 11.6 Å². The molecule has 5 nitrogen and oxygen atoms in total. The Kier molecular flexibility index (Phi) is 7.46. The summed E-state index contributed by atoms with van der Waals surface area (Å²) in [5, 5.41) is 0.684. The summed E-state index contributed by atoms with van der Waals surface area (Å²) in [5.74, 6) is -0.573. The van der Waals surface area contributed by atoms with Crippen LogP contribution in [0.4, 0.5) is 4.39 Å². The van der Waals surface area contributed by atoms with Gasteiger partial charge in [-0.3, -0.25) is 9.59 Å². The average molecular weight is 453 g/mol. The molecule has 0 saturated heterocycles. The van der Waals surface area contributed by atoms with Gasteiger partial charge in [0, 0.05) is 16.3 Å². The summed E-state index contributed by atoms with van der Waals surface area (Å²) >= 11 is 8.66. The average Bonchev–Trinajstić information content (AvgIpc) is 3.04. The first-order chi connectivity index (χ1) is 14.0. The molecule has 9 heteroatoms. The monoisotopic (exact) mass is 452 g/mol. The number of nitrogens with zero attached hydrogens (tertiary/aromatic N) is 2. The van der Waals surface area contributed by atoms with Gasteiger partial charge in [0.2, 0.25) is 5.91 Å². The first-order valence-electron chi connectivity index (χ1n) is 8.78. The summed E-state index contributed by atoms with van der Waals surface area (Å²) in [7, 11) is 1.26. The quantitative estimate of drug-likeness (QED) is 0.297. The number of benzene rings is 2. The number of ether oxygens (including phenoxy) is 1. The van der Waals surface area contributed by atoms with E-state index in [0.29, 0.717) is 16.1 Å². The molecule has 2 aromatic carbocycles. The molecule has 0 spiro atoms. The number of carbonyl (C=O) groups excluding carboxylic acids is 2. The molecular formula is C20H18ClFN2O3S2. The molecule has 0 N–H and O–H groups in total. The van der Waals surface area contributed by atoms with Crippen LogP contribution in [-0.2, 0) is 20.9 Å². The molecule has 1 amide bonds. The van der Waals surface area contributed by atoms with E-state index in [0.717, 1.165) is 10.6 Å². The Labute approximate surface area is 180 Å². The molecule has 29 heavy (non-hydrogen) atoms. The van der Waals surface area contributed by atoms with Gasteiger partial charge >= 0.3 is 5.97 Å². The minimum Gasteiger partial charge on any atom is -0.468 e. The predicted octanol–water partition coefficient (Wildman–Crippen LogP) is 4.67. The number of amides is 1. The second-order valence-corrected chi connectivity index (χ2v) is 8.66. The number of thioether (sulfide) groups is 1. The molecule has 0 bridgehead atoms. The summed E-state index contributed by atoms with van der Waals surface area (Å²) in [6.45, 7) is -0.212. The summed E-state index contributed by atoms with van der Waals surface area (Å²) in [6.07, 6.45) is 0.904. The highest BCUT2D eigenvalue weighted by Gasteiger charge is 2.14. The molecule has 0 saturated carbocycles. The van der Waals surface area contributed by atoms with E-state index in [1.54, 1.807) is 23.9 Å². The largest absolute Gasteiger partial charge is 0.468 e. The molecule has 3 aromatic rings. The lowest BCUT2D eigenvalue weighted by molar-refractivity contribution is -0.141. The van der Waals surface area contributed by atoms with E-state index in [9.17, 15) is 14.0 Å². The van der Waals surface area contributed by atoms with Crippen LogP contribution in [0.2, 0.25) is 5.02 Å². The molecule has 3 rings (SSSR count). The van der Waals surface area contributed by atoms with Gasteiger partial charge in [-0.2, -0.15) is 4.99 Å². The van der Waals surface area contributed by atoms with E-state index in [2.05, 4.69) is 9.73 Å². The summed E-state index contributed by atoms with van der Waals surface area (Å²) < 4.78 is 21.0. The van der Waals surface area contributed by atoms with Gasteiger partial charge in [-0.25, -0.2) is 4.39 Å². The third-order valence-electron chi connectivity index (χ3n) is 4.00. The molecule has 0 atom stereocenters. The van der Waals surface area contributed by atoms with Crippen LogP contribution in [0.15, 0.2) is 52.4 Å². The first-order valence-corrected chi connectivity index (χ1v) is 11.0. The van der Waals surface area contributed by atoms with Gasteiger partial charge in [0.15, 0.2) is 4.80 Å². The number of halogens is 2. The van der Waals surface area contributed by atoms with Crippen LogP contribution < -0.4 is 4.80 Å². The standard InChI is InChI=1S/C20H18ClFN2O3S2/c1-27-18(26)12-24-19-15(22)4-2-5-16(19)29-20(24)23-17(25)6-3-11-28-14-9-7-13(21)8-10-14/h2,4-5,7-10H,3,6,11-12H2,1H3. The van der Waals surface area contributed by atoms with Crippen molar-refractivity contribution in [1.29, 1.82) is 0 Å². The zero-order valence-corrected chi connectivity index (χ0v) is 18.0. The van der Waals surface area contributed by atoms with Gasteiger partial charge < -0.3 is 9.30 Å². The first kappa shape index (κ1) is 21.5. The fraction of sp³-hybridized carbons (Fsp3) is 0.250. The Hall–Kier alpha value is -2.16. The van der Waals surface area contributed by atoms with E-state index in [1.807, 2.05) is 24.3 Å². The molecule has 1 heterocycles. The van der Waals surface area contributed by atoms with Crippen LogP contribution in [0, 0.1) is 5.82 Å². The lowest BCUT2D eigenvalue weighted by Crippen LogP contribution is -2.22. The SMILES string of the molecule is COC(=O)Cn1c(=NC(=O)CCCSc2ccc(Cl)cc2)sc2cccc(F)c21. The Morgan fingerprint density at radius 1 is 1.24 bits per heavy atom. The number of hydrogen-bond acceptors (Lipinski definition) is 5. The second kappa shape index (κ2) is 10.0. The molecule has 0 aliphatic heterocycles. The highest BCUT2D eigenvalue weighted by atomic mass is 35.5. The number of methoxy groups -OCH3 is 1. The smallest absolute Gasteiger partial charge is 0.325 e. The highest BCUT2D eigenvalue weighted by molar-refractivity contribution is 7.99.